The van der Waals surface area contributed by atoms with Gasteiger partial charge in [0.25, 0.3) is 11.6 Å². The van der Waals surface area contributed by atoms with Crippen molar-refractivity contribution in [2.45, 2.75) is 0 Å². The average Bonchev–Trinajstić information content (AvgIpc) is 3.41. The molecule has 0 aliphatic rings. The monoisotopic (exact) mass is 407 g/mol. The van der Waals surface area contributed by atoms with E-state index in [1.165, 1.54) is 23.0 Å². The molecule has 0 aliphatic heterocycles. The summed E-state index contributed by atoms with van der Waals surface area (Å²) in [6.45, 7) is 0. The van der Waals surface area contributed by atoms with Crippen molar-refractivity contribution in [1.29, 1.82) is 0 Å². The average molecular weight is 408 g/mol. The molecule has 0 saturated carbocycles. The predicted molar refractivity (Wildman–Crippen MR) is 109 cm³/mol. The lowest BCUT2D eigenvalue weighted by molar-refractivity contribution is -0.384. The van der Waals surface area contributed by atoms with E-state index < -0.39 is 4.92 Å². The van der Waals surface area contributed by atoms with Gasteiger partial charge in [-0.25, -0.2) is 4.68 Å². The fourth-order valence-electron chi connectivity index (χ4n) is 2.82. The van der Waals surface area contributed by atoms with Gasteiger partial charge in [-0.05, 0) is 42.5 Å². The number of nitro benzene ring substituents is 1. The SMILES string of the molecule is O=C(Nc1ccc(Cl)cc1-n1cccc1)c1cnn(-c2ccc([N+](=O)[O-])cc2)c1. The molecule has 1 N–H and O–H groups in total. The molecule has 0 unspecified atom stereocenters. The maximum absolute atomic E-state index is 12.7. The molecule has 8 nitrogen and oxygen atoms in total. The normalized spacial score (nSPS) is 10.7. The van der Waals surface area contributed by atoms with Gasteiger partial charge in [0.2, 0.25) is 0 Å². The zero-order valence-corrected chi connectivity index (χ0v) is 15.7. The highest BCUT2D eigenvalue weighted by molar-refractivity contribution is 6.31. The van der Waals surface area contributed by atoms with E-state index in [1.54, 1.807) is 36.5 Å². The molecule has 0 aliphatic carbocycles. The molecular weight excluding hydrogens is 394 g/mol. The van der Waals surface area contributed by atoms with E-state index in [-0.39, 0.29) is 11.6 Å². The zero-order valence-electron chi connectivity index (χ0n) is 14.9. The second-order valence-corrected chi connectivity index (χ2v) is 6.59. The lowest BCUT2D eigenvalue weighted by Gasteiger charge is -2.12. The number of hydrogen-bond acceptors (Lipinski definition) is 4. The second-order valence-electron chi connectivity index (χ2n) is 6.15. The highest BCUT2D eigenvalue weighted by Crippen LogP contribution is 2.25. The van der Waals surface area contributed by atoms with Crippen molar-refractivity contribution in [1.82, 2.24) is 14.3 Å². The first-order valence-corrected chi connectivity index (χ1v) is 8.93. The van der Waals surface area contributed by atoms with Crippen molar-refractivity contribution in [3.8, 4) is 11.4 Å². The van der Waals surface area contributed by atoms with Crippen molar-refractivity contribution in [2.24, 2.45) is 0 Å². The molecule has 4 rings (SSSR count). The van der Waals surface area contributed by atoms with Gasteiger partial charge in [0.1, 0.15) is 0 Å². The van der Waals surface area contributed by atoms with Gasteiger partial charge < -0.3 is 9.88 Å². The van der Waals surface area contributed by atoms with E-state index in [2.05, 4.69) is 10.4 Å². The van der Waals surface area contributed by atoms with Crippen LogP contribution in [-0.4, -0.2) is 25.2 Å². The lowest BCUT2D eigenvalue weighted by Crippen LogP contribution is -2.13. The number of benzene rings is 2. The summed E-state index contributed by atoms with van der Waals surface area (Å²) < 4.78 is 3.33. The summed E-state index contributed by atoms with van der Waals surface area (Å²) in [4.78, 5) is 23.0. The molecule has 2 heterocycles. The maximum atomic E-state index is 12.7. The number of rotatable bonds is 5. The van der Waals surface area contributed by atoms with Crippen LogP contribution in [0.25, 0.3) is 11.4 Å². The third kappa shape index (κ3) is 3.87. The minimum Gasteiger partial charge on any atom is -0.322 e. The lowest BCUT2D eigenvalue weighted by atomic mass is 10.2. The highest BCUT2D eigenvalue weighted by atomic mass is 35.5. The molecule has 0 saturated heterocycles. The highest BCUT2D eigenvalue weighted by Gasteiger charge is 2.14. The van der Waals surface area contributed by atoms with Gasteiger partial charge in [0, 0.05) is 35.7 Å². The van der Waals surface area contributed by atoms with Crippen LogP contribution in [0.15, 0.2) is 79.4 Å². The third-order valence-electron chi connectivity index (χ3n) is 4.26. The minimum absolute atomic E-state index is 0.0147. The summed E-state index contributed by atoms with van der Waals surface area (Å²) in [5.41, 5.74) is 2.27. The summed E-state index contributed by atoms with van der Waals surface area (Å²) >= 11 is 6.11. The summed E-state index contributed by atoms with van der Waals surface area (Å²) in [6, 6.07) is 14.8. The molecule has 0 radical (unpaired) electrons. The van der Waals surface area contributed by atoms with Crippen molar-refractivity contribution < 1.29 is 9.72 Å². The Morgan fingerprint density at radius 1 is 1.10 bits per heavy atom. The number of anilines is 1. The van der Waals surface area contributed by atoms with Gasteiger partial charge >= 0.3 is 0 Å². The van der Waals surface area contributed by atoms with Crippen LogP contribution in [0.3, 0.4) is 0 Å². The van der Waals surface area contributed by atoms with Crippen molar-refractivity contribution in [3.63, 3.8) is 0 Å². The van der Waals surface area contributed by atoms with Crippen LogP contribution < -0.4 is 5.32 Å². The van der Waals surface area contributed by atoms with E-state index >= 15 is 0 Å². The quantitative estimate of drug-likeness (QED) is 0.390. The molecule has 9 heteroatoms. The molecule has 4 aromatic rings. The Bertz CT molecular complexity index is 1180. The number of carbonyl (C=O) groups is 1. The Morgan fingerprint density at radius 2 is 1.83 bits per heavy atom. The number of nitrogens with zero attached hydrogens (tertiary/aromatic N) is 4. The van der Waals surface area contributed by atoms with E-state index in [0.29, 0.717) is 22.0 Å². The fourth-order valence-corrected chi connectivity index (χ4v) is 2.99. The van der Waals surface area contributed by atoms with Gasteiger partial charge in [-0.2, -0.15) is 5.10 Å². The zero-order chi connectivity index (χ0) is 20.4. The number of aromatic nitrogens is 3. The summed E-state index contributed by atoms with van der Waals surface area (Å²) in [5.74, 6) is -0.339. The number of halogens is 1. The number of nitro groups is 1. The molecule has 0 spiro atoms. The Morgan fingerprint density at radius 3 is 2.52 bits per heavy atom. The van der Waals surface area contributed by atoms with Gasteiger partial charge in [0.15, 0.2) is 0 Å². The number of hydrogen-bond donors (Lipinski definition) is 1. The maximum Gasteiger partial charge on any atom is 0.269 e. The Balaban J connectivity index is 1.57. The second kappa shape index (κ2) is 7.61. The van der Waals surface area contributed by atoms with Crippen LogP contribution >= 0.6 is 11.6 Å². The van der Waals surface area contributed by atoms with Crippen LogP contribution in [-0.2, 0) is 0 Å². The van der Waals surface area contributed by atoms with E-state index in [4.69, 9.17) is 11.6 Å². The van der Waals surface area contributed by atoms with Crippen LogP contribution in [0, 0.1) is 10.1 Å². The molecule has 0 fully saturated rings. The number of nitrogens with one attached hydrogen (secondary N) is 1. The van der Waals surface area contributed by atoms with E-state index in [0.717, 1.165) is 5.69 Å². The van der Waals surface area contributed by atoms with Gasteiger partial charge in [0.05, 0.1) is 33.7 Å². The van der Waals surface area contributed by atoms with Crippen LogP contribution in [0.5, 0.6) is 0 Å². The van der Waals surface area contributed by atoms with E-state index in [9.17, 15) is 14.9 Å². The number of amides is 1. The molecule has 0 atom stereocenters. The summed E-state index contributed by atoms with van der Waals surface area (Å²) in [5, 5.41) is 18.4. The van der Waals surface area contributed by atoms with Crippen molar-refractivity contribution >= 4 is 28.9 Å². The molecule has 2 aromatic carbocycles. The Kier molecular flexibility index (Phi) is 4.84. The van der Waals surface area contributed by atoms with E-state index in [1.807, 2.05) is 29.1 Å². The first-order chi connectivity index (χ1) is 14.0. The first-order valence-electron chi connectivity index (χ1n) is 8.55. The molecule has 29 heavy (non-hydrogen) atoms. The Labute approximate surface area is 170 Å². The van der Waals surface area contributed by atoms with Gasteiger partial charge in [-0.15, -0.1) is 0 Å². The number of non-ortho nitro benzene ring substituents is 1. The summed E-state index contributed by atoms with van der Waals surface area (Å²) in [6.07, 6.45) is 6.70. The smallest absolute Gasteiger partial charge is 0.269 e. The first kappa shape index (κ1) is 18.5. The van der Waals surface area contributed by atoms with Crippen LogP contribution in [0.1, 0.15) is 10.4 Å². The van der Waals surface area contributed by atoms with Crippen LogP contribution in [0.2, 0.25) is 5.02 Å². The van der Waals surface area contributed by atoms with Crippen molar-refractivity contribution in [3.05, 3.63) is 100 Å². The summed E-state index contributed by atoms with van der Waals surface area (Å²) in [7, 11) is 0. The molecule has 0 bridgehead atoms. The topological polar surface area (TPSA) is 95.0 Å². The third-order valence-corrected chi connectivity index (χ3v) is 4.50. The fraction of sp³-hybridized carbons (Fsp3) is 0. The van der Waals surface area contributed by atoms with Crippen molar-refractivity contribution in [2.75, 3.05) is 5.32 Å². The number of carbonyl (C=O) groups excluding carboxylic acids is 1. The molecule has 144 valence electrons. The molecule has 2 aromatic heterocycles. The predicted octanol–water partition coefficient (Wildman–Crippen LogP) is 4.48. The Hall–Kier alpha value is -3.91. The standard InChI is InChI=1S/C20H14ClN5O3/c21-15-3-8-18(19(11-15)24-9-1-2-10-24)23-20(27)14-12-22-25(13-14)16-4-6-17(7-5-16)26(28)29/h1-13H,(H,23,27). The van der Waals surface area contributed by atoms with Gasteiger partial charge in [-0.3, -0.25) is 14.9 Å². The molecular formula is C20H14ClN5O3. The van der Waals surface area contributed by atoms with Gasteiger partial charge in [-0.1, -0.05) is 11.6 Å². The molecule has 1 amide bonds. The minimum atomic E-state index is -0.472. The van der Waals surface area contributed by atoms with Crippen LogP contribution in [0.4, 0.5) is 11.4 Å². The largest absolute Gasteiger partial charge is 0.322 e.